The average molecular weight is 306 g/mol. The molecule has 6 nitrogen and oxygen atoms in total. The van der Waals surface area contributed by atoms with Crippen molar-refractivity contribution in [3.8, 4) is 0 Å². The molecule has 3 heterocycles. The Morgan fingerprint density at radius 3 is 3.00 bits per heavy atom. The molecular formula is C16H26N4O2. The van der Waals surface area contributed by atoms with E-state index in [1.807, 2.05) is 6.07 Å². The number of rotatable bonds is 5. The van der Waals surface area contributed by atoms with Crippen molar-refractivity contribution in [2.24, 2.45) is 5.92 Å². The first-order chi connectivity index (χ1) is 10.8. The SMILES string of the molecule is O=C(CCN1CCOCC1)N1CCCC(Cc2ccn[nH]2)C1. The van der Waals surface area contributed by atoms with Gasteiger partial charge in [-0.3, -0.25) is 14.8 Å². The summed E-state index contributed by atoms with van der Waals surface area (Å²) in [5.74, 6) is 0.863. The van der Waals surface area contributed by atoms with Crippen LogP contribution >= 0.6 is 0 Å². The number of carbonyl (C=O) groups excluding carboxylic acids is 1. The molecule has 1 aromatic rings. The largest absolute Gasteiger partial charge is 0.379 e. The van der Waals surface area contributed by atoms with Crippen LogP contribution in [0.2, 0.25) is 0 Å². The van der Waals surface area contributed by atoms with Gasteiger partial charge in [-0.15, -0.1) is 0 Å². The molecule has 122 valence electrons. The number of nitrogens with one attached hydrogen (secondary N) is 1. The molecule has 0 spiro atoms. The molecule has 1 N–H and O–H groups in total. The minimum atomic E-state index is 0.306. The Hall–Kier alpha value is -1.40. The normalized spacial score (nSPS) is 23.6. The highest BCUT2D eigenvalue weighted by Gasteiger charge is 2.24. The van der Waals surface area contributed by atoms with Gasteiger partial charge in [0.15, 0.2) is 0 Å². The molecule has 2 aliphatic rings. The first-order valence-corrected chi connectivity index (χ1v) is 8.37. The van der Waals surface area contributed by atoms with Gasteiger partial charge in [0.05, 0.1) is 13.2 Å². The highest BCUT2D eigenvalue weighted by atomic mass is 16.5. The molecule has 2 fully saturated rings. The van der Waals surface area contributed by atoms with E-state index < -0.39 is 0 Å². The summed E-state index contributed by atoms with van der Waals surface area (Å²) < 4.78 is 5.34. The molecule has 0 aliphatic carbocycles. The maximum Gasteiger partial charge on any atom is 0.223 e. The molecule has 1 amide bonds. The zero-order chi connectivity index (χ0) is 15.2. The summed E-state index contributed by atoms with van der Waals surface area (Å²) in [5.41, 5.74) is 1.17. The fourth-order valence-corrected chi connectivity index (χ4v) is 3.40. The molecule has 1 atom stereocenters. The van der Waals surface area contributed by atoms with E-state index in [1.54, 1.807) is 6.20 Å². The topological polar surface area (TPSA) is 61.5 Å². The van der Waals surface area contributed by atoms with Gasteiger partial charge in [0.1, 0.15) is 0 Å². The number of morpholine rings is 1. The van der Waals surface area contributed by atoms with E-state index in [9.17, 15) is 4.79 Å². The van der Waals surface area contributed by atoms with E-state index >= 15 is 0 Å². The fourth-order valence-electron chi connectivity index (χ4n) is 3.40. The lowest BCUT2D eigenvalue weighted by molar-refractivity contribution is -0.133. The van der Waals surface area contributed by atoms with Gasteiger partial charge in [0.25, 0.3) is 0 Å². The zero-order valence-electron chi connectivity index (χ0n) is 13.2. The lowest BCUT2D eigenvalue weighted by atomic mass is 9.93. The molecule has 0 saturated carbocycles. The Balaban J connectivity index is 1.43. The Morgan fingerprint density at radius 2 is 2.23 bits per heavy atom. The van der Waals surface area contributed by atoms with Crippen LogP contribution in [0.15, 0.2) is 12.3 Å². The average Bonchev–Trinajstić information content (AvgIpc) is 3.07. The predicted octanol–water partition coefficient (Wildman–Crippen LogP) is 0.913. The lowest BCUT2D eigenvalue weighted by Gasteiger charge is -2.33. The van der Waals surface area contributed by atoms with Crippen LogP contribution in [0.1, 0.15) is 25.0 Å². The number of amides is 1. The summed E-state index contributed by atoms with van der Waals surface area (Å²) in [5, 5.41) is 7.03. The molecule has 1 aromatic heterocycles. The molecule has 2 aliphatic heterocycles. The quantitative estimate of drug-likeness (QED) is 0.878. The Kier molecular flexibility index (Phi) is 5.45. The summed E-state index contributed by atoms with van der Waals surface area (Å²) >= 11 is 0. The number of nitrogens with zero attached hydrogens (tertiary/aromatic N) is 3. The van der Waals surface area contributed by atoms with E-state index in [4.69, 9.17) is 4.74 Å². The van der Waals surface area contributed by atoms with Crippen LogP contribution in [-0.2, 0) is 16.0 Å². The predicted molar refractivity (Wildman–Crippen MR) is 83.5 cm³/mol. The van der Waals surface area contributed by atoms with Crippen LogP contribution in [0.3, 0.4) is 0 Å². The van der Waals surface area contributed by atoms with Gasteiger partial charge >= 0.3 is 0 Å². The van der Waals surface area contributed by atoms with Crippen molar-refractivity contribution in [2.45, 2.75) is 25.7 Å². The zero-order valence-corrected chi connectivity index (χ0v) is 13.2. The maximum atomic E-state index is 12.4. The van der Waals surface area contributed by atoms with Crippen molar-refractivity contribution in [1.29, 1.82) is 0 Å². The summed E-state index contributed by atoms with van der Waals surface area (Å²) in [6, 6.07) is 2.03. The van der Waals surface area contributed by atoms with Crippen LogP contribution < -0.4 is 0 Å². The monoisotopic (exact) mass is 306 g/mol. The number of likely N-dealkylation sites (tertiary alicyclic amines) is 1. The second-order valence-electron chi connectivity index (χ2n) is 6.34. The Bertz CT molecular complexity index is 457. The molecule has 2 saturated heterocycles. The molecule has 3 rings (SSSR count). The third kappa shape index (κ3) is 4.30. The van der Waals surface area contributed by atoms with Crippen molar-refractivity contribution in [3.05, 3.63) is 18.0 Å². The number of H-pyrrole nitrogens is 1. The number of hydrogen-bond donors (Lipinski definition) is 1. The van der Waals surface area contributed by atoms with Crippen molar-refractivity contribution >= 4 is 5.91 Å². The summed E-state index contributed by atoms with van der Waals surface area (Å²) in [6.07, 6.45) is 5.74. The second-order valence-corrected chi connectivity index (χ2v) is 6.34. The van der Waals surface area contributed by atoms with Crippen LogP contribution in [0, 0.1) is 5.92 Å². The van der Waals surface area contributed by atoms with Crippen LogP contribution in [0.4, 0.5) is 0 Å². The van der Waals surface area contributed by atoms with Crippen molar-refractivity contribution in [3.63, 3.8) is 0 Å². The van der Waals surface area contributed by atoms with E-state index in [0.29, 0.717) is 18.2 Å². The van der Waals surface area contributed by atoms with Gasteiger partial charge in [0.2, 0.25) is 5.91 Å². The van der Waals surface area contributed by atoms with Crippen molar-refractivity contribution in [2.75, 3.05) is 45.9 Å². The first-order valence-electron chi connectivity index (χ1n) is 8.37. The molecular weight excluding hydrogens is 280 g/mol. The minimum absolute atomic E-state index is 0.306. The molecule has 0 bridgehead atoms. The number of aromatic nitrogens is 2. The van der Waals surface area contributed by atoms with Gasteiger partial charge in [-0.05, 0) is 31.2 Å². The number of aromatic amines is 1. The second kappa shape index (κ2) is 7.74. The Morgan fingerprint density at radius 1 is 1.36 bits per heavy atom. The first kappa shape index (κ1) is 15.5. The number of piperidine rings is 1. The van der Waals surface area contributed by atoms with E-state index in [1.165, 1.54) is 12.1 Å². The molecule has 6 heteroatoms. The number of carbonyl (C=O) groups is 1. The van der Waals surface area contributed by atoms with Gasteiger partial charge in [0, 0.05) is 51.0 Å². The third-order valence-corrected chi connectivity index (χ3v) is 4.68. The van der Waals surface area contributed by atoms with Crippen LogP contribution in [0.25, 0.3) is 0 Å². The van der Waals surface area contributed by atoms with Crippen molar-refractivity contribution < 1.29 is 9.53 Å². The van der Waals surface area contributed by atoms with E-state index in [0.717, 1.165) is 58.8 Å². The number of ether oxygens (including phenoxy) is 1. The Labute approximate surface area is 131 Å². The maximum absolute atomic E-state index is 12.4. The van der Waals surface area contributed by atoms with E-state index in [2.05, 4.69) is 20.0 Å². The van der Waals surface area contributed by atoms with Crippen molar-refractivity contribution in [1.82, 2.24) is 20.0 Å². The standard InChI is InChI=1S/C16H26N4O2/c21-16(4-7-19-8-10-22-11-9-19)20-6-1-2-14(13-20)12-15-3-5-17-18-15/h3,5,14H,1-2,4,6-13H2,(H,17,18). The fraction of sp³-hybridized carbons (Fsp3) is 0.750. The number of hydrogen-bond acceptors (Lipinski definition) is 4. The van der Waals surface area contributed by atoms with Gasteiger partial charge in [-0.25, -0.2) is 0 Å². The summed E-state index contributed by atoms with van der Waals surface area (Å²) in [4.78, 5) is 16.8. The van der Waals surface area contributed by atoms with Crippen LogP contribution in [-0.4, -0.2) is 71.8 Å². The summed E-state index contributed by atoms with van der Waals surface area (Å²) in [6.45, 7) is 6.17. The smallest absolute Gasteiger partial charge is 0.223 e. The van der Waals surface area contributed by atoms with Gasteiger partial charge in [-0.2, -0.15) is 5.10 Å². The molecule has 0 radical (unpaired) electrons. The third-order valence-electron chi connectivity index (χ3n) is 4.68. The summed E-state index contributed by atoms with van der Waals surface area (Å²) in [7, 11) is 0. The molecule has 0 aromatic carbocycles. The highest BCUT2D eigenvalue weighted by molar-refractivity contribution is 5.76. The molecule has 22 heavy (non-hydrogen) atoms. The van der Waals surface area contributed by atoms with Gasteiger partial charge < -0.3 is 9.64 Å². The van der Waals surface area contributed by atoms with Crippen LogP contribution in [0.5, 0.6) is 0 Å². The lowest BCUT2D eigenvalue weighted by Crippen LogP contribution is -2.43. The van der Waals surface area contributed by atoms with E-state index in [-0.39, 0.29) is 0 Å². The highest BCUT2D eigenvalue weighted by Crippen LogP contribution is 2.20. The van der Waals surface area contributed by atoms with Gasteiger partial charge in [-0.1, -0.05) is 0 Å². The molecule has 1 unspecified atom stereocenters. The minimum Gasteiger partial charge on any atom is -0.379 e.